The average molecular weight is 280 g/mol. The van der Waals surface area contributed by atoms with Gasteiger partial charge in [0, 0.05) is 32.4 Å². The second-order valence-electron chi connectivity index (χ2n) is 5.21. The molecule has 1 aromatic carbocycles. The average Bonchev–Trinajstić information content (AvgIpc) is 2.39. The molecular formula is C15H24N2O3. The standard InChI is InChI=1S/C15H24N2O3/c1-12-6-4-5-7-13(12)17-14(18)10-16-11-15(2,19)8-9-20-3/h4-7,16,19H,8-11H2,1-3H3,(H,17,18). The van der Waals surface area contributed by atoms with Crippen LogP contribution in [0.3, 0.4) is 0 Å². The molecule has 0 aromatic heterocycles. The molecule has 0 saturated carbocycles. The Morgan fingerprint density at radius 2 is 2.10 bits per heavy atom. The lowest BCUT2D eigenvalue weighted by Gasteiger charge is -2.23. The maximum absolute atomic E-state index is 11.8. The second-order valence-corrected chi connectivity index (χ2v) is 5.21. The Kier molecular flexibility index (Phi) is 6.64. The van der Waals surface area contributed by atoms with Gasteiger partial charge in [-0.15, -0.1) is 0 Å². The Labute approximate surface area is 120 Å². The van der Waals surface area contributed by atoms with Crippen molar-refractivity contribution in [3.8, 4) is 0 Å². The third-order valence-corrected chi connectivity index (χ3v) is 3.06. The zero-order valence-corrected chi connectivity index (χ0v) is 12.4. The van der Waals surface area contributed by atoms with E-state index in [1.165, 1.54) is 0 Å². The van der Waals surface area contributed by atoms with Gasteiger partial charge in [-0.05, 0) is 25.5 Å². The van der Waals surface area contributed by atoms with Gasteiger partial charge in [-0.25, -0.2) is 0 Å². The van der Waals surface area contributed by atoms with E-state index in [0.717, 1.165) is 11.3 Å². The van der Waals surface area contributed by atoms with E-state index in [4.69, 9.17) is 4.74 Å². The van der Waals surface area contributed by atoms with Gasteiger partial charge in [0.25, 0.3) is 0 Å². The largest absolute Gasteiger partial charge is 0.389 e. The molecule has 5 nitrogen and oxygen atoms in total. The van der Waals surface area contributed by atoms with Crippen LogP contribution in [0.1, 0.15) is 18.9 Å². The van der Waals surface area contributed by atoms with Crippen LogP contribution in [0.2, 0.25) is 0 Å². The first kappa shape index (κ1) is 16.6. The summed E-state index contributed by atoms with van der Waals surface area (Å²) >= 11 is 0. The molecule has 0 aliphatic rings. The van der Waals surface area contributed by atoms with Crippen LogP contribution in [-0.4, -0.2) is 43.4 Å². The third kappa shape index (κ3) is 6.14. The summed E-state index contributed by atoms with van der Waals surface area (Å²) in [7, 11) is 1.60. The molecule has 1 aromatic rings. The van der Waals surface area contributed by atoms with Gasteiger partial charge in [-0.2, -0.15) is 0 Å². The highest BCUT2D eigenvalue weighted by Gasteiger charge is 2.19. The van der Waals surface area contributed by atoms with E-state index in [1.54, 1.807) is 14.0 Å². The first-order valence-electron chi connectivity index (χ1n) is 6.72. The molecular weight excluding hydrogens is 256 g/mol. The fourth-order valence-corrected chi connectivity index (χ4v) is 1.76. The van der Waals surface area contributed by atoms with E-state index < -0.39 is 5.60 Å². The van der Waals surface area contributed by atoms with Gasteiger partial charge in [0.2, 0.25) is 5.91 Å². The van der Waals surface area contributed by atoms with Crippen molar-refractivity contribution in [3.05, 3.63) is 29.8 Å². The highest BCUT2D eigenvalue weighted by molar-refractivity contribution is 5.92. The number of hydrogen-bond donors (Lipinski definition) is 3. The molecule has 1 rings (SSSR count). The van der Waals surface area contributed by atoms with Crippen LogP contribution in [-0.2, 0) is 9.53 Å². The van der Waals surface area contributed by atoms with Crippen molar-refractivity contribution >= 4 is 11.6 Å². The number of hydrogen-bond acceptors (Lipinski definition) is 4. The number of amides is 1. The van der Waals surface area contributed by atoms with Gasteiger partial charge < -0.3 is 20.5 Å². The summed E-state index contributed by atoms with van der Waals surface area (Å²) < 4.78 is 4.93. The summed E-state index contributed by atoms with van der Waals surface area (Å²) in [5.41, 5.74) is 0.956. The smallest absolute Gasteiger partial charge is 0.238 e. The zero-order chi connectivity index (χ0) is 15.0. The van der Waals surface area contributed by atoms with Gasteiger partial charge in [0.05, 0.1) is 12.1 Å². The van der Waals surface area contributed by atoms with E-state index >= 15 is 0 Å². The Bertz CT molecular complexity index is 433. The van der Waals surface area contributed by atoms with Gasteiger partial charge in [0.15, 0.2) is 0 Å². The Morgan fingerprint density at radius 1 is 1.40 bits per heavy atom. The van der Waals surface area contributed by atoms with Crippen LogP contribution in [0.4, 0.5) is 5.69 Å². The van der Waals surface area contributed by atoms with Gasteiger partial charge in [-0.1, -0.05) is 18.2 Å². The first-order chi connectivity index (χ1) is 9.44. The number of ether oxygens (including phenoxy) is 1. The quantitative estimate of drug-likeness (QED) is 0.671. The summed E-state index contributed by atoms with van der Waals surface area (Å²) in [6.45, 7) is 4.66. The normalized spacial score (nSPS) is 13.8. The number of anilines is 1. The van der Waals surface area contributed by atoms with Crippen molar-refractivity contribution in [1.82, 2.24) is 5.32 Å². The fourth-order valence-electron chi connectivity index (χ4n) is 1.76. The van der Waals surface area contributed by atoms with Crippen molar-refractivity contribution < 1.29 is 14.6 Å². The van der Waals surface area contributed by atoms with Crippen LogP contribution in [0.25, 0.3) is 0 Å². The highest BCUT2D eigenvalue weighted by Crippen LogP contribution is 2.12. The Morgan fingerprint density at radius 3 is 2.75 bits per heavy atom. The Balaban J connectivity index is 2.32. The van der Waals surface area contributed by atoms with Gasteiger partial charge in [-0.3, -0.25) is 4.79 Å². The van der Waals surface area contributed by atoms with E-state index in [1.807, 2.05) is 31.2 Å². The summed E-state index contributed by atoms with van der Waals surface area (Å²) in [5, 5.41) is 15.8. The van der Waals surface area contributed by atoms with Crippen LogP contribution < -0.4 is 10.6 Å². The highest BCUT2D eigenvalue weighted by atomic mass is 16.5. The van der Waals surface area contributed by atoms with Crippen LogP contribution in [0.5, 0.6) is 0 Å². The number of carbonyl (C=O) groups excluding carboxylic acids is 1. The number of rotatable bonds is 8. The number of para-hydroxylation sites is 1. The van der Waals surface area contributed by atoms with Crippen molar-refractivity contribution in [2.45, 2.75) is 25.9 Å². The number of methoxy groups -OCH3 is 1. The molecule has 20 heavy (non-hydrogen) atoms. The van der Waals surface area contributed by atoms with Crippen molar-refractivity contribution in [1.29, 1.82) is 0 Å². The summed E-state index contributed by atoms with van der Waals surface area (Å²) in [4.78, 5) is 11.8. The summed E-state index contributed by atoms with van der Waals surface area (Å²) in [5.74, 6) is -0.123. The lowest BCUT2D eigenvalue weighted by molar-refractivity contribution is -0.115. The van der Waals surface area contributed by atoms with E-state index in [0.29, 0.717) is 19.6 Å². The minimum absolute atomic E-state index is 0.123. The molecule has 1 amide bonds. The van der Waals surface area contributed by atoms with Crippen molar-refractivity contribution in [2.75, 3.05) is 32.1 Å². The second kappa shape index (κ2) is 7.99. The monoisotopic (exact) mass is 280 g/mol. The number of benzene rings is 1. The first-order valence-corrected chi connectivity index (χ1v) is 6.72. The summed E-state index contributed by atoms with van der Waals surface area (Å²) in [6, 6.07) is 7.61. The van der Waals surface area contributed by atoms with E-state index in [9.17, 15) is 9.90 Å². The predicted molar refractivity (Wildman–Crippen MR) is 79.8 cm³/mol. The third-order valence-electron chi connectivity index (χ3n) is 3.06. The molecule has 0 spiro atoms. The molecule has 0 fully saturated rings. The molecule has 0 radical (unpaired) electrons. The Hall–Kier alpha value is -1.43. The molecule has 3 N–H and O–H groups in total. The molecule has 1 atom stereocenters. The van der Waals surface area contributed by atoms with Gasteiger partial charge >= 0.3 is 0 Å². The minimum atomic E-state index is -0.876. The fraction of sp³-hybridized carbons (Fsp3) is 0.533. The zero-order valence-electron chi connectivity index (χ0n) is 12.4. The van der Waals surface area contributed by atoms with Crippen molar-refractivity contribution in [3.63, 3.8) is 0 Å². The molecule has 0 saturated heterocycles. The number of aryl methyl sites for hydroxylation is 1. The van der Waals surface area contributed by atoms with Crippen LogP contribution >= 0.6 is 0 Å². The molecule has 0 aliphatic heterocycles. The summed E-state index contributed by atoms with van der Waals surface area (Å²) in [6.07, 6.45) is 0.524. The van der Waals surface area contributed by atoms with E-state index in [2.05, 4.69) is 10.6 Å². The maximum atomic E-state index is 11.8. The molecule has 1 unspecified atom stereocenters. The molecule has 0 bridgehead atoms. The number of carbonyl (C=O) groups is 1. The van der Waals surface area contributed by atoms with E-state index in [-0.39, 0.29) is 12.5 Å². The topological polar surface area (TPSA) is 70.6 Å². The molecule has 0 heterocycles. The van der Waals surface area contributed by atoms with Crippen LogP contribution in [0.15, 0.2) is 24.3 Å². The van der Waals surface area contributed by atoms with Crippen molar-refractivity contribution in [2.24, 2.45) is 0 Å². The minimum Gasteiger partial charge on any atom is -0.389 e. The lowest BCUT2D eigenvalue weighted by Crippen LogP contribution is -2.41. The lowest BCUT2D eigenvalue weighted by atomic mass is 10.0. The molecule has 112 valence electrons. The van der Waals surface area contributed by atoms with Crippen LogP contribution in [0, 0.1) is 6.92 Å². The number of aliphatic hydroxyl groups is 1. The molecule has 0 aliphatic carbocycles. The SMILES string of the molecule is COCCC(C)(O)CNCC(=O)Nc1ccccc1C. The predicted octanol–water partition coefficient (Wildman–Crippen LogP) is 1.31. The maximum Gasteiger partial charge on any atom is 0.238 e. The molecule has 5 heteroatoms. The number of nitrogens with one attached hydrogen (secondary N) is 2. The van der Waals surface area contributed by atoms with Gasteiger partial charge in [0.1, 0.15) is 0 Å².